The van der Waals surface area contributed by atoms with E-state index in [-0.39, 0.29) is 0 Å². The Kier molecular flexibility index (Phi) is 11.4. The third-order valence-electron chi connectivity index (χ3n) is 12.2. The molecule has 1 unspecified atom stereocenters. The van der Waals surface area contributed by atoms with Crippen molar-refractivity contribution in [2.75, 3.05) is 6.54 Å². The van der Waals surface area contributed by atoms with Crippen molar-refractivity contribution < 1.29 is 4.74 Å². The Morgan fingerprint density at radius 2 is 1.15 bits per heavy atom. The number of allylic oxidation sites excluding steroid dienone is 7. The van der Waals surface area contributed by atoms with Gasteiger partial charge in [-0.25, -0.2) is 0 Å². The van der Waals surface area contributed by atoms with Crippen LogP contribution in [0.1, 0.15) is 59.6 Å². The predicted octanol–water partition coefficient (Wildman–Crippen LogP) is 14.4. The number of benzene rings is 7. The molecular weight excluding hydrogens is 741 g/mol. The van der Waals surface area contributed by atoms with E-state index in [2.05, 4.69) is 171 Å². The Bertz CT molecular complexity index is 2760. The second kappa shape index (κ2) is 17.6. The van der Waals surface area contributed by atoms with Crippen molar-refractivity contribution in [1.29, 1.82) is 5.41 Å². The van der Waals surface area contributed by atoms with Gasteiger partial charge in [0.05, 0.1) is 5.41 Å². The first-order chi connectivity index (χ1) is 30.1. The Hall–Kier alpha value is -7.07. The third kappa shape index (κ3) is 7.77. The minimum Gasteiger partial charge on any atom is -0.457 e. The number of para-hydroxylation sites is 2. The normalized spacial score (nSPS) is 15.8. The fraction of sp³-hybridized carbons (Fsp3) is 0.121. The molecule has 3 heteroatoms. The molecule has 1 heterocycles. The lowest BCUT2D eigenvalue weighted by Crippen LogP contribution is -2.32. The van der Waals surface area contributed by atoms with Gasteiger partial charge in [-0.2, -0.15) is 0 Å². The van der Waals surface area contributed by atoms with E-state index in [0.717, 1.165) is 35.8 Å². The molecule has 1 aliphatic heterocycles. The van der Waals surface area contributed by atoms with Gasteiger partial charge in [-0.3, -0.25) is 0 Å². The SMILES string of the molecule is CC1C=CC=CC1.N=Cc1ccc(-c2ccccc2)cc1.NCC1=CC(c2ccc3c(c2)C2(c4ccccc4Oc4ccccc42)c2cc(-c4ccccc4)ccc2-3)=CCC1. The molecule has 1 spiro atoms. The van der Waals surface area contributed by atoms with Crippen LogP contribution in [0, 0.1) is 11.3 Å². The molecule has 0 radical (unpaired) electrons. The molecule has 3 nitrogen and oxygen atoms in total. The quantitative estimate of drug-likeness (QED) is 0.171. The highest BCUT2D eigenvalue weighted by molar-refractivity contribution is 5.92. The first-order valence-corrected chi connectivity index (χ1v) is 21.4. The number of hydrogen-bond donors (Lipinski definition) is 2. The van der Waals surface area contributed by atoms with Crippen LogP contribution in [-0.4, -0.2) is 12.8 Å². The van der Waals surface area contributed by atoms with E-state index < -0.39 is 5.41 Å². The Morgan fingerprint density at radius 3 is 1.70 bits per heavy atom. The fourth-order valence-electron chi connectivity index (χ4n) is 9.12. The fourth-order valence-corrected chi connectivity index (χ4v) is 9.12. The summed E-state index contributed by atoms with van der Waals surface area (Å²) < 4.78 is 6.55. The molecule has 3 N–H and O–H groups in total. The van der Waals surface area contributed by atoms with Gasteiger partial charge in [0.2, 0.25) is 0 Å². The van der Waals surface area contributed by atoms with Gasteiger partial charge in [0.15, 0.2) is 0 Å². The lowest BCUT2D eigenvalue weighted by Gasteiger charge is -2.39. The average molecular weight is 791 g/mol. The Labute approximate surface area is 360 Å². The van der Waals surface area contributed by atoms with E-state index in [9.17, 15) is 0 Å². The van der Waals surface area contributed by atoms with Crippen molar-refractivity contribution in [3.63, 3.8) is 0 Å². The Morgan fingerprint density at radius 1 is 0.607 bits per heavy atom. The van der Waals surface area contributed by atoms with Crippen LogP contribution in [0.3, 0.4) is 0 Å². The number of nitrogens with two attached hydrogens (primary N) is 1. The maximum Gasteiger partial charge on any atom is 0.132 e. The van der Waals surface area contributed by atoms with Crippen molar-refractivity contribution in [3.8, 4) is 44.9 Å². The molecule has 0 bridgehead atoms. The van der Waals surface area contributed by atoms with Gasteiger partial charge in [-0.05, 0) is 111 Å². The Balaban J connectivity index is 0.000000185. The van der Waals surface area contributed by atoms with Crippen LogP contribution in [-0.2, 0) is 5.41 Å². The van der Waals surface area contributed by atoms with E-state index in [0.29, 0.717) is 6.54 Å². The lowest BCUT2D eigenvalue weighted by atomic mass is 9.65. The second-order valence-electron chi connectivity index (χ2n) is 16.1. The lowest BCUT2D eigenvalue weighted by molar-refractivity contribution is 0.436. The maximum absolute atomic E-state index is 7.09. The van der Waals surface area contributed by atoms with Gasteiger partial charge in [0, 0.05) is 23.9 Å². The minimum atomic E-state index is -0.494. The first-order valence-electron chi connectivity index (χ1n) is 21.4. The maximum atomic E-state index is 7.09. The predicted molar refractivity (Wildman–Crippen MR) is 255 cm³/mol. The van der Waals surface area contributed by atoms with Crippen molar-refractivity contribution in [1.82, 2.24) is 0 Å². The largest absolute Gasteiger partial charge is 0.457 e. The van der Waals surface area contributed by atoms with Gasteiger partial charge in [-0.15, -0.1) is 0 Å². The number of fused-ring (bicyclic) bond motifs is 9. The minimum absolute atomic E-state index is 0.494. The van der Waals surface area contributed by atoms with Crippen LogP contribution >= 0.6 is 0 Å². The number of ether oxygens (including phenoxy) is 1. The summed E-state index contributed by atoms with van der Waals surface area (Å²) >= 11 is 0. The molecule has 0 saturated heterocycles. The van der Waals surface area contributed by atoms with E-state index in [1.165, 1.54) is 85.0 Å². The summed E-state index contributed by atoms with van der Waals surface area (Å²) in [5.74, 6) is 2.60. The van der Waals surface area contributed by atoms with Crippen LogP contribution in [0.4, 0.5) is 0 Å². The summed E-state index contributed by atoms with van der Waals surface area (Å²) in [7, 11) is 0. The van der Waals surface area contributed by atoms with E-state index in [1.54, 1.807) is 0 Å². The van der Waals surface area contributed by atoms with Gasteiger partial charge in [0.1, 0.15) is 11.5 Å². The number of rotatable bonds is 5. The molecule has 7 aromatic rings. The highest BCUT2D eigenvalue weighted by Crippen LogP contribution is 2.62. The highest BCUT2D eigenvalue weighted by Gasteiger charge is 2.51. The zero-order valence-corrected chi connectivity index (χ0v) is 34.6. The van der Waals surface area contributed by atoms with Crippen LogP contribution in [0.15, 0.2) is 212 Å². The van der Waals surface area contributed by atoms with E-state index >= 15 is 0 Å². The summed E-state index contributed by atoms with van der Waals surface area (Å²) in [5, 5.41) is 7.09. The molecular formula is C58H50N2O. The monoisotopic (exact) mass is 790 g/mol. The molecule has 1 atom stereocenters. The summed E-state index contributed by atoms with van der Waals surface area (Å²) in [6.07, 6.45) is 17.9. The van der Waals surface area contributed by atoms with Gasteiger partial charge < -0.3 is 15.9 Å². The van der Waals surface area contributed by atoms with Crippen LogP contribution < -0.4 is 10.5 Å². The smallest absolute Gasteiger partial charge is 0.132 e. The van der Waals surface area contributed by atoms with E-state index in [4.69, 9.17) is 15.9 Å². The molecule has 3 aliphatic carbocycles. The molecule has 0 saturated carbocycles. The summed E-state index contributed by atoms with van der Waals surface area (Å²) in [6.45, 7) is 2.83. The van der Waals surface area contributed by atoms with Crippen molar-refractivity contribution in [3.05, 3.63) is 245 Å². The molecule has 298 valence electrons. The molecule has 0 fully saturated rings. The zero-order valence-electron chi connectivity index (χ0n) is 34.6. The molecule has 0 amide bonds. The average Bonchev–Trinajstić information content (AvgIpc) is 3.62. The number of nitrogens with one attached hydrogen (secondary N) is 1. The molecule has 4 aliphatic rings. The van der Waals surface area contributed by atoms with Gasteiger partial charge in [0.25, 0.3) is 0 Å². The first kappa shape index (κ1) is 39.4. The van der Waals surface area contributed by atoms with Gasteiger partial charge in [-0.1, -0.05) is 195 Å². The van der Waals surface area contributed by atoms with Crippen molar-refractivity contribution in [2.45, 2.75) is 31.6 Å². The third-order valence-corrected chi connectivity index (χ3v) is 12.2. The second-order valence-corrected chi connectivity index (χ2v) is 16.1. The summed E-state index contributed by atoms with van der Waals surface area (Å²) in [4.78, 5) is 0. The van der Waals surface area contributed by atoms with Gasteiger partial charge >= 0.3 is 0 Å². The van der Waals surface area contributed by atoms with E-state index in [1.807, 2.05) is 42.5 Å². The molecule has 0 aromatic heterocycles. The summed E-state index contributed by atoms with van der Waals surface area (Å²) in [6, 6.07) is 60.1. The topological polar surface area (TPSA) is 59.1 Å². The van der Waals surface area contributed by atoms with Crippen molar-refractivity contribution in [2.24, 2.45) is 11.7 Å². The number of hydrogen-bond acceptors (Lipinski definition) is 3. The molecule has 11 rings (SSSR count). The summed E-state index contributed by atoms with van der Waals surface area (Å²) in [5.41, 5.74) is 22.7. The zero-order chi connectivity index (χ0) is 41.6. The van der Waals surface area contributed by atoms with Crippen molar-refractivity contribution >= 4 is 11.8 Å². The molecule has 61 heavy (non-hydrogen) atoms. The van der Waals surface area contributed by atoms with Crippen LogP contribution in [0.2, 0.25) is 0 Å². The molecule has 7 aromatic carbocycles. The van der Waals surface area contributed by atoms with Crippen LogP contribution in [0.25, 0.3) is 39.0 Å². The van der Waals surface area contributed by atoms with Crippen LogP contribution in [0.5, 0.6) is 11.5 Å². The highest BCUT2D eigenvalue weighted by atomic mass is 16.5. The standard InChI is InChI=1S/C38H29NO.C13H11N.C7H10/c39-24-25-9-8-12-27(21-25)29-18-20-31-30-19-17-28(26-10-2-1-3-11-26)22-34(30)38(35(31)23-29)32-13-4-6-15-36(32)40-37-16-7-5-14-33(37)38;14-10-11-6-8-13(9-7-11)12-4-2-1-3-5-12;1-7-5-3-2-4-6-7/h1-7,10-23H,8-9,24,39H2;1-10,14H;2-5,7H,6H2,1H3.